The summed E-state index contributed by atoms with van der Waals surface area (Å²) < 4.78 is 20.9. The van der Waals surface area contributed by atoms with E-state index in [1.54, 1.807) is 20.8 Å². The second-order valence-corrected chi connectivity index (χ2v) is 8.20. The lowest BCUT2D eigenvalue weighted by Gasteiger charge is -2.42. The van der Waals surface area contributed by atoms with Gasteiger partial charge in [-0.15, -0.1) is 0 Å². The Morgan fingerprint density at radius 2 is 1.22 bits per heavy atom. The lowest BCUT2D eigenvalue weighted by molar-refractivity contribution is -0.327. The molecule has 32 heavy (non-hydrogen) atoms. The number of aliphatic hydroxyl groups excluding tert-OH is 7. The standard InChI is InChI=1S/C17H30O12.C2H6.CH4/c1-17(2,3)16(25)29-15-13(24)11(22)9(20)7(28-15)5-26-14-12(23)10(21)8(19)6(4-18)27-14;1-2;/h6-15,18-24H,4-5H2,1-3H3;1-2H3;1H4/t6?,7-,8?,9-,10?,11+,12?,13+,14?,15?;;/m1../s1. The molecule has 12 heteroatoms. The fourth-order valence-corrected chi connectivity index (χ4v) is 2.83. The molecule has 0 aromatic carbocycles. The molecule has 192 valence electrons. The van der Waals surface area contributed by atoms with E-state index >= 15 is 0 Å². The van der Waals surface area contributed by atoms with Gasteiger partial charge in [-0.25, -0.2) is 0 Å². The van der Waals surface area contributed by atoms with Crippen molar-refractivity contribution in [3.63, 3.8) is 0 Å². The van der Waals surface area contributed by atoms with Gasteiger partial charge in [0.2, 0.25) is 6.29 Å². The Balaban J connectivity index is 0.00000311. The Morgan fingerprint density at radius 3 is 1.69 bits per heavy atom. The molecule has 0 saturated carbocycles. The van der Waals surface area contributed by atoms with Crippen LogP contribution in [0.15, 0.2) is 0 Å². The van der Waals surface area contributed by atoms with E-state index in [1.807, 2.05) is 13.8 Å². The molecule has 0 bridgehead atoms. The van der Waals surface area contributed by atoms with E-state index < -0.39 is 86.0 Å². The summed E-state index contributed by atoms with van der Waals surface area (Å²) in [5, 5.41) is 68.9. The number of carbonyl (C=O) groups excluding carboxylic acids is 1. The molecule has 2 rings (SSSR count). The van der Waals surface area contributed by atoms with Gasteiger partial charge in [0.05, 0.1) is 18.6 Å². The van der Waals surface area contributed by atoms with Gasteiger partial charge in [0.1, 0.15) is 48.8 Å². The molecule has 10 atom stereocenters. The van der Waals surface area contributed by atoms with Crippen molar-refractivity contribution < 1.29 is 59.5 Å². The SMILES string of the molecule is C.CC.CC(C)(C)C(=O)OC1O[C@H](COC2OC(CO)C(O)C(O)C2O)[C@@H](O)[C@H](O)[C@@H]1O. The highest BCUT2D eigenvalue weighted by molar-refractivity contribution is 5.75. The second-order valence-electron chi connectivity index (χ2n) is 8.20. The molecule has 2 aliphatic heterocycles. The number of hydrogen-bond donors (Lipinski definition) is 7. The number of carbonyl (C=O) groups is 1. The van der Waals surface area contributed by atoms with Gasteiger partial charge in [0.25, 0.3) is 0 Å². The van der Waals surface area contributed by atoms with Crippen LogP contribution in [-0.2, 0) is 23.7 Å². The van der Waals surface area contributed by atoms with Gasteiger partial charge in [0.15, 0.2) is 6.29 Å². The first-order valence-corrected chi connectivity index (χ1v) is 10.2. The van der Waals surface area contributed by atoms with E-state index in [2.05, 4.69) is 0 Å². The minimum absolute atomic E-state index is 0. The van der Waals surface area contributed by atoms with Crippen molar-refractivity contribution in [3.8, 4) is 0 Å². The smallest absolute Gasteiger partial charge is 0.313 e. The summed E-state index contributed by atoms with van der Waals surface area (Å²) in [5.41, 5.74) is -0.910. The largest absolute Gasteiger partial charge is 0.432 e. The average molecular weight is 473 g/mol. The van der Waals surface area contributed by atoms with Gasteiger partial charge in [-0.3, -0.25) is 4.79 Å². The van der Waals surface area contributed by atoms with Crippen LogP contribution in [0.4, 0.5) is 0 Å². The lowest BCUT2D eigenvalue weighted by Crippen LogP contribution is -2.62. The number of aliphatic hydroxyl groups is 7. The molecule has 2 saturated heterocycles. The molecule has 6 unspecified atom stereocenters. The van der Waals surface area contributed by atoms with Crippen molar-refractivity contribution in [2.45, 2.75) is 103 Å². The van der Waals surface area contributed by atoms with E-state index in [9.17, 15) is 40.5 Å². The van der Waals surface area contributed by atoms with E-state index in [1.165, 1.54) is 0 Å². The molecular formula is C20H40O12. The Hall–Kier alpha value is -0.930. The van der Waals surface area contributed by atoms with E-state index in [4.69, 9.17) is 18.9 Å². The number of esters is 1. The van der Waals surface area contributed by atoms with Crippen molar-refractivity contribution in [3.05, 3.63) is 0 Å². The molecule has 0 aliphatic carbocycles. The first-order chi connectivity index (χ1) is 14.4. The molecule has 2 fully saturated rings. The summed E-state index contributed by atoms with van der Waals surface area (Å²) >= 11 is 0. The Kier molecular flexibility index (Phi) is 12.7. The molecule has 0 radical (unpaired) electrons. The molecule has 12 nitrogen and oxygen atoms in total. The van der Waals surface area contributed by atoms with Crippen molar-refractivity contribution >= 4 is 5.97 Å². The van der Waals surface area contributed by atoms with Crippen LogP contribution >= 0.6 is 0 Å². The lowest BCUT2D eigenvalue weighted by atomic mass is 9.96. The molecule has 2 aliphatic rings. The van der Waals surface area contributed by atoms with Gasteiger partial charge < -0.3 is 54.7 Å². The Labute approximate surface area is 188 Å². The van der Waals surface area contributed by atoms with E-state index in [0.29, 0.717) is 0 Å². The third-order valence-corrected chi connectivity index (χ3v) is 4.78. The zero-order valence-corrected chi connectivity index (χ0v) is 18.4. The third kappa shape index (κ3) is 7.29. The molecule has 7 N–H and O–H groups in total. The highest BCUT2D eigenvalue weighted by Crippen LogP contribution is 2.27. The zero-order chi connectivity index (χ0) is 24.1. The van der Waals surface area contributed by atoms with Gasteiger partial charge in [0, 0.05) is 0 Å². The Bertz CT molecular complexity index is 551. The predicted octanol–water partition coefficient (Wildman–Crippen LogP) is -2.14. The average Bonchev–Trinajstić information content (AvgIpc) is 2.73. The Morgan fingerprint density at radius 1 is 0.781 bits per heavy atom. The maximum atomic E-state index is 12.0. The maximum absolute atomic E-state index is 12.0. The fraction of sp³-hybridized carbons (Fsp3) is 0.950. The van der Waals surface area contributed by atoms with E-state index in [-0.39, 0.29) is 7.43 Å². The van der Waals surface area contributed by atoms with Crippen LogP contribution in [0, 0.1) is 5.41 Å². The fourth-order valence-electron chi connectivity index (χ4n) is 2.83. The normalized spacial score (nSPS) is 39.9. The molecule has 0 amide bonds. The summed E-state index contributed by atoms with van der Waals surface area (Å²) in [6, 6.07) is 0. The highest BCUT2D eigenvalue weighted by Gasteiger charge is 2.48. The van der Waals surface area contributed by atoms with Crippen molar-refractivity contribution in [1.29, 1.82) is 0 Å². The third-order valence-electron chi connectivity index (χ3n) is 4.78. The van der Waals surface area contributed by atoms with Gasteiger partial charge >= 0.3 is 5.97 Å². The van der Waals surface area contributed by atoms with Crippen molar-refractivity contribution in [1.82, 2.24) is 0 Å². The van der Waals surface area contributed by atoms with E-state index in [0.717, 1.165) is 0 Å². The minimum Gasteiger partial charge on any atom is -0.432 e. The summed E-state index contributed by atoms with van der Waals surface area (Å²) in [6.07, 6.45) is -15.5. The van der Waals surface area contributed by atoms with Crippen LogP contribution in [0.2, 0.25) is 0 Å². The summed E-state index contributed by atoms with van der Waals surface area (Å²) in [5.74, 6) is -0.709. The summed E-state index contributed by atoms with van der Waals surface area (Å²) in [7, 11) is 0. The summed E-state index contributed by atoms with van der Waals surface area (Å²) in [4.78, 5) is 12.0. The molecular weight excluding hydrogens is 432 g/mol. The van der Waals surface area contributed by atoms with Crippen LogP contribution in [0.25, 0.3) is 0 Å². The number of ether oxygens (including phenoxy) is 4. The first kappa shape index (κ1) is 31.1. The summed E-state index contributed by atoms with van der Waals surface area (Å²) in [6.45, 7) is 7.58. The van der Waals surface area contributed by atoms with Crippen LogP contribution in [0.3, 0.4) is 0 Å². The molecule has 2 heterocycles. The second kappa shape index (κ2) is 13.1. The van der Waals surface area contributed by atoms with Crippen LogP contribution in [0.1, 0.15) is 42.0 Å². The number of rotatable bonds is 5. The molecule has 0 aromatic rings. The quantitative estimate of drug-likeness (QED) is 0.215. The predicted molar refractivity (Wildman–Crippen MR) is 110 cm³/mol. The highest BCUT2D eigenvalue weighted by atomic mass is 16.7. The number of hydrogen-bond acceptors (Lipinski definition) is 12. The van der Waals surface area contributed by atoms with Gasteiger partial charge in [-0.1, -0.05) is 21.3 Å². The minimum atomic E-state index is -1.72. The zero-order valence-electron chi connectivity index (χ0n) is 18.4. The molecule has 0 aromatic heterocycles. The van der Waals surface area contributed by atoms with Crippen LogP contribution in [0.5, 0.6) is 0 Å². The van der Waals surface area contributed by atoms with Crippen LogP contribution < -0.4 is 0 Å². The topological polar surface area (TPSA) is 196 Å². The first-order valence-electron chi connectivity index (χ1n) is 10.2. The van der Waals surface area contributed by atoms with Crippen molar-refractivity contribution in [2.75, 3.05) is 13.2 Å². The van der Waals surface area contributed by atoms with Gasteiger partial charge in [-0.2, -0.15) is 0 Å². The maximum Gasteiger partial charge on any atom is 0.313 e. The van der Waals surface area contributed by atoms with Crippen molar-refractivity contribution in [2.24, 2.45) is 5.41 Å². The molecule has 0 spiro atoms. The van der Waals surface area contributed by atoms with Gasteiger partial charge in [-0.05, 0) is 20.8 Å². The van der Waals surface area contributed by atoms with Crippen LogP contribution in [-0.4, -0.2) is 116 Å². The monoisotopic (exact) mass is 472 g/mol.